The van der Waals surface area contributed by atoms with Crippen molar-refractivity contribution in [2.24, 2.45) is 0 Å². The van der Waals surface area contributed by atoms with Crippen molar-refractivity contribution in [3.05, 3.63) is 45.8 Å². The van der Waals surface area contributed by atoms with Crippen molar-refractivity contribution in [2.75, 3.05) is 47.8 Å². The summed E-state index contributed by atoms with van der Waals surface area (Å²) in [6.45, 7) is 9.95. The summed E-state index contributed by atoms with van der Waals surface area (Å²) in [4.78, 5) is 24.1. The van der Waals surface area contributed by atoms with Crippen LogP contribution in [0.3, 0.4) is 0 Å². The van der Waals surface area contributed by atoms with Crippen LogP contribution < -0.4 is 15.1 Å². The van der Waals surface area contributed by atoms with Crippen LogP contribution in [0.25, 0.3) is 0 Å². The van der Waals surface area contributed by atoms with Gasteiger partial charge in [-0.2, -0.15) is 0 Å². The average Bonchev–Trinajstić information content (AvgIpc) is 2.70. The molecule has 1 aromatic carbocycles. The summed E-state index contributed by atoms with van der Waals surface area (Å²) in [5.41, 5.74) is 3.76. The van der Waals surface area contributed by atoms with Gasteiger partial charge in [0.25, 0.3) is 0 Å². The van der Waals surface area contributed by atoms with Gasteiger partial charge in [-0.15, -0.1) is 0 Å². The lowest BCUT2D eigenvalue weighted by molar-refractivity contribution is -0.383. The number of hydrogen-bond donors (Lipinski definition) is 1. The normalized spacial score (nSPS) is 14.2. The van der Waals surface area contributed by atoms with E-state index in [2.05, 4.69) is 59.2 Å². The molecule has 1 fully saturated rings. The molecule has 0 spiro atoms. The maximum atomic E-state index is 11.7. The molecule has 1 N–H and O–H groups in total. The Morgan fingerprint density at radius 2 is 1.86 bits per heavy atom. The Hall–Kier alpha value is -2.90. The van der Waals surface area contributed by atoms with Gasteiger partial charge in [0.2, 0.25) is 11.6 Å². The van der Waals surface area contributed by atoms with Gasteiger partial charge in [-0.25, -0.2) is 9.97 Å². The molecule has 0 amide bonds. The first-order valence-corrected chi connectivity index (χ1v) is 9.82. The van der Waals surface area contributed by atoms with E-state index in [1.807, 2.05) is 4.90 Å². The number of hydrogen-bond acceptors (Lipinski definition) is 7. The zero-order valence-corrected chi connectivity index (χ0v) is 16.8. The average molecular weight is 384 g/mol. The molecule has 0 saturated carbocycles. The number of piperazine rings is 1. The third-order valence-electron chi connectivity index (χ3n) is 5.30. The van der Waals surface area contributed by atoms with Crippen molar-refractivity contribution < 1.29 is 4.92 Å². The number of aromatic nitrogens is 2. The van der Waals surface area contributed by atoms with E-state index in [1.165, 1.54) is 23.1 Å². The summed E-state index contributed by atoms with van der Waals surface area (Å²) in [6.07, 6.45) is 3.36. The zero-order chi connectivity index (χ0) is 20.1. The quantitative estimate of drug-likeness (QED) is 0.444. The van der Waals surface area contributed by atoms with Crippen LogP contribution in [0.4, 0.5) is 23.0 Å². The first-order chi connectivity index (χ1) is 13.5. The van der Waals surface area contributed by atoms with Gasteiger partial charge in [0, 0.05) is 38.4 Å². The van der Waals surface area contributed by atoms with Crippen LogP contribution in [-0.2, 0) is 0 Å². The molecule has 0 radical (unpaired) electrons. The summed E-state index contributed by atoms with van der Waals surface area (Å²) in [5, 5.41) is 14.8. The summed E-state index contributed by atoms with van der Waals surface area (Å²) in [5.74, 6) is 0.708. The molecule has 3 rings (SSSR count). The van der Waals surface area contributed by atoms with E-state index in [0.717, 1.165) is 25.9 Å². The Morgan fingerprint density at radius 1 is 1.14 bits per heavy atom. The van der Waals surface area contributed by atoms with Crippen LogP contribution in [0.1, 0.15) is 30.9 Å². The second-order valence-electron chi connectivity index (χ2n) is 7.13. The fourth-order valence-corrected chi connectivity index (χ4v) is 3.52. The van der Waals surface area contributed by atoms with Crippen molar-refractivity contribution in [1.29, 1.82) is 0 Å². The van der Waals surface area contributed by atoms with Crippen LogP contribution in [0.2, 0.25) is 0 Å². The van der Waals surface area contributed by atoms with E-state index in [9.17, 15) is 10.1 Å². The second kappa shape index (κ2) is 8.86. The molecular formula is C20H28N6O2. The van der Waals surface area contributed by atoms with Gasteiger partial charge in [0.1, 0.15) is 6.33 Å². The van der Waals surface area contributed by atoms with Crippen molar-refractivity contribution in [3.8, 4) is 0 Å². The van der Waals surface area contributed by atoms with E-state index in [4.69, 9.17) is 0 Å². The maximum absolute atomic E-state index is 11.7. The highest BCUT2D eigenvalue weighted by Crippen LogP contribution is 2.33. The van der Waals surface area contributed by atoms with Crippen LogP contribution in [-0.4, -0.2) is 47.6 Å². The first-order valence-electron chi connectivity index (χ1n) is 9.82. The van der Waals surface area contributed by atoms with Gasteiger partial charge in [-0.05, 0) is 37.5 Å². The van der Waals surface area contributed by atoms with Gasteiger partial charge in [0.15, 0.2) is 0 Å². The van der Waals surface area contributed by atoms with Crippen molar-refractivity contribution in [2.45, 2.75) is 33.6 Å². The molecule has 8 nitrogen and oxygen atoms in total. The summed E-state index contributed by atoms with van der Waals surface area (Å²) in [6, 6.07) is 6.33. The zero-order valence-electron chi connectivity index (χ0n) is 16.8. The molecule has 28 heavy (non-hydrogen) atoms. The minimum Gasteiger partial charge on any atom is -0.368 e. The number of anilines is 3. The van der Waals surface area contributed by atoms with Gasteiger partial charge in [-0.3, -0.25) is 10.1 Å². The van der Waals surface area contributed by atoms with Gasteiger partial charge >= 0.3 is 5.69 Å². The predicted molar refractivity (Wildman–Crippen MR) is 112 cm³/mol. The lowest BCUT2D eigenvalue weighted by Crippen LogP contribution is -2.47. The number of rotatable bonds is 7. The van der Waals surface area contributed by atoms with Crippen LogP contribution in [0.15, 0.2) is 24.5 Å². The SMILES string of the molecule is CCCCNc1ncnc(N2CCN(c3cccc(C)c3C)CC2)c1[N+](=O)[O-]. The molecule has 1 aliphatic rings. The fraction of sp³-hybridized carbons (Fsp3) is 0.500. The Balaban J connectivity index is 1.77. The van der Waals surface area contributed by atoms with Crippen LogP contribution >= 0.6 is 0 Å². The number of aryl methyl sites for hydroxylation is 1. The molecule has 0 aliphatic carbocycles. The Labute approximate surface area is 165 Å². The highest BCUT2D eigenvalue weighted by atomic mass is 16.6. The summed E-state index contributed by atoms with van der Waals surface area (Å²) < 4.78 is 0. The lowest BCUT2D eigenvalue weighted by Gasteiger charge is -2.37. The van der Waals surface area contributed by atoms with Crippen molar-refractivity contribution in [3.63, 3.8) is 0 Å². The molecule has 8 heteroatoms. The molecule has 0 bridgehead atoms. The third-order valence-corrected chi connectivity index (χ3v) is 5.30. The van der Waals surface area contributed by atoms with E-state index in [1.54, 1.807) is 0 Å². The highest BCUT2D eigenvalue weighted by Gasteiger charge is 2.29. The lowest BCUT2D eigenvalue weighted by atomic mass is 10.1. The summed E-state index contributed by atoms with van der Waals surface area (Å²) >= 11 is 0. The molecule has 1 saturated heterocycles. The Morgan fingerprint density at radius 3 is 2.54 bits per heavy atom. The molecule has 1 aromatic heterocycles. The molecule has 0 atom stereocenters. The van der Waals surface area contributed by atoms with Crippen molar-refractivity contribution in [1.82, 2.24) is 9.97 Å². The third kappa shape index (κ3) is 4.16. The molecule has 2 heterocycles. The number of nitro groups is 1. The van der Waals surface area contributed by atoms with E-state index in [-0.39, 0.29) is 10.6 Å². The first kappa shape index (κ1) is 19.9. The molecule has 0 unspecified atom stereocenters. The molecule has 1 aliphatic heterocycles. The van der Waals surface area contributed by atoms with Crippen LogP contribution in [0, 0.1) is 24.0 Å². The number of benzene rings is 1. The maximum Gasteiger partial charge on any atom is 0.353 e. The van der Waals surface area contributed by atoms with E-state index in [0.29, 0.717) is 31.3 Å². The molecular weight excluding hydrogens is 356 g/mol. The highest BCUT2D eigenvalue weighted by molar-refractivity contribution is 5.70. The largest absolute Gasteiger partial charge is 0.368 e. The Bertz CT molecular complexity index is 833. The van der Waals surface area contributed by atoms with Gasteiger partial charge in [0.05, 0.1) is 4.92 Å². The standard InChI is InChI=1S/C20H28N6O2/c1-4-5-9-21-19-18(26(27)28)20(23-14-22-19)25-12-10-24(11-13-25)17-8-6-7-15(2)16(17)3/h6-8,14H,4-5,9-13H2,1-3H3,(H,21,22,23). The Kier molecular flexibility index (Phi) is 6.28. The van der Waals surface area contributed by atoms with Gasteiger partial charge in [-0.1, -0.05) is 25.5 Å². The van der Waals surface area contributed by atoms with E-state index >= 15 is 0 Å². The van der Waals surface area contributed by atoms with Crippen molar-refractivity contribution >= 4 is 23.0 Å². The van der Waals surface area contributed by atoms with Crippen LogP contribution in [0.5, 0.6) is 0 Å². The molecule has 2 aromatic rings. The van der Waals surface area contributed by atoms with E-state index < -0.39 is 0 Å². The second-order valence-corrected chi connectivity index (χ2v) is 7.13. The minimum absolute atomic E-state index is 0.0289. The molecule has 150 valence electrons. The fourth-order valence-electron chi connectivity index (χ4n) is 3.52. The summed E-state index contributed by atoms with van der Waals surface area (Å²) in [7, 11) is 0. The minimum atomic E-state index is -0.374. The monoisotopic (exact) mass is 384 g/mol. The smallest absolute Gasteiger partial charge is 0.353 e. The predicted octanol–water partition coefficient (Wildman–Crippen LogP) is 3.54. The topological polar surface area (TPSA) is 87.4 Å². The number of nitrogens with one attached hydrogen (secondary N) is 1. The van der Waals surface area contributed by atoms with Gasteiger partial charge < -0.3 is 15.1 Å². The number of nitrogens with zero attached hydrogens (tertiary/aromatic N) is 5. The number of unbranched alkanes of at least 4 members (excludes halogenated alkanes) is 1.